The quantitative estimate of drug-likeness (QED) is 0.551. The summed E-state index contributed by atoms with van der Waals surface area (Å²) in [6.07, 6.45) is 2.94. The minimum Gasteiger partial charge on any atom is -0.382 e. The van der Waals surface area contributed by atoms with Gasteiger partial charge in [0.05, 0.1) is 0 Å². The van der Waals surface area contributed by atoms with E-state index in [0.717, 1.165) is 32.5 Å². The van der Waals surface area contributed by atoms with Gasteiger partial charge in [-0.25, -0.2) is 0 Å². The highest BCUT2D eigenvalue weighted by molar-refractivity contribution is 5.78. The maximum absolute atomic E-state index is 11.0. The third-order valence-corrected chi connectivity index (χ3v) is 2.11. The SMILES string of the molecule is CCOCCCC(CC)C(C)=O. The summed E-state index contributed by atoms with van der Waals surface area (Å²) >= 11 is 0. The first-order valence-electron chi connectivity index (χ1n) is 4.80. The van der Waals surface area contributed by atoms with Crippen molar-refractivity contribution in [2.24, 2.45) is 5.92 Å². The van der Waals surface area contributed by atoms with Crippen molar-refractivity contribution in [1.29, 1.82) is 0 Å². The molecule has 0 aliphatic carbocycles. The van der Waals surface area contributed by atoms with E-state index in [1.165, 1.54) is 0 Å². The molecule has 0 saturated carbocycles. The lowest BCUT2D eigenvalue weighted by atomic mass is 9.97. The van der Waals surface area contributed by atoms with Gasteiger partial charge in [-0.05, 0) is 33.1 Å². The molecule has 0 saturated heterocycles. The molecule has 0 bridgehead atoms. The van der Waals surface area contributed by atoms with E-state index in [4.69, 9.17) is 4.74 Å². The molecule has 2 heteroatoms. The van der Waals surface area contributed by atoms with E-state index in [0.29, 0.717) is 5.78 Å². The summed E-state index contributed by atoms with van der Waals surface area (Å²) in [5, 5.41) is 0. The number of carbonyl (C=O) groups is 1. The largest absolute Gasteiger partial charge is 0.382 e. The molecule has 0 aromatic heterocycles. The Hall–Kier alpha value is -0.370. The van der Waals surface area contributed by atoms with Crippen molar-refractivity contribution < 1.29 is 9.53 Å². The monoisotopic (exact) mass is 172 g/mol. The van der Waals surface area contributed by atoms with Gasteiger partial charge >= 0.3 is 0 Å². The Balaban J connectivity index is 3.38. The summed E-state index contributed by atoms with van der Waals surface area (Å²) in [5.41, 5.74) is 0. The molecule has 0 aliphatic rings. The highest BCUT2D eigenvalue weighted by Gasteiger charge is 2.10. The smallest absolute Gasteiger partial charge is 0.132 e. The van der Waals surface area contributed by atoms with E-state index in [1.807, 2.05) is 6.92 Å². The number of ketones is 1. The fraction of sp³-hybridized carbons (Fsp3) is 0.900. The van der Waals surface area contributed by atoms with Crippen molar-refractivity contribution in [2.75, 3.05) is 13.2 Å². The third kappa shape index (κ3) is 5.30. The maximum atomic E-state index is 11.0. The molecule has 0 aliphatic heterocycles. The predicted octanol–water partition coefficient (Wildman–Crippen LogP) is 2.42. The van der Waals surface area contributed by atoms with Gasteiger partial charge in [-0.2, -0.15) is 0 Å². The van der Waals surface area contributed by atoms with Crippen LogP contribution in [0.4, 0.5) is 0 Å². The number of ether oxygens (including phenoxy) is 1. The molecule has 0 radical (unpaired) electrons. The van der Waals surface area contributed by atoms with Gasteiger partial charge < -0.3 is 4.74 Å². The fourth-order valence-electron chi connectivity index (χ4n) is 1.27. The molecule has 2 nitrogen and oxygen atoms in total. The van der Waals surface area contributed by atoms with Gasteiger partial charge in [-0.15, -0.1) is 0 Å². The second-order valence-corrected chi connectivity index (χ2v) is 3.05. The fourth-order valence-corrected chi connectivity index (χ4v) is 1.27. The summed E-state index contributed by atoms with van der Waals surface area (Å²) in [6, 6.07) is 0. The lowest BCUT2D eigenvalue weighted by molar-refractivity contribution is -0.121. The van der Waals surface area contributed by atoms with Gasteiger partial charge in [0.2, 0.25) is 0 Å². The van der Waals surface area contributed by atoms with Crippen LogP contribution in [-0.2, 0) is 9.53 Å². The van der Waals surface area contributed by atoms with E-state index in [-0.39, 0.29) is 5.92 Å². The van der Waals surface area contributed by atoms with Crippen LogP contribution >= 0.6 is 0 Å². The molecule has 0 fully saturated rings. The maximum Gasteiger partial charge on any atom is 0.132 e. The lowest BCUT2D eigenvalue weighted by Gasteiger charge is -2.10. The number of hydrogen-bond acceptors (Lipinski definition) is 2. The molecule has 12 heavy (non-hydrogen) atoms. The van der Waals surface area contributed by atoms with E-state index >= 15 is 0 Å². The van der Waals surface area contributed by atoms with Crippen LogP contribution in [-0.4, -0.2) is 19.0 Å². The summed E-state index contributed by atoms with van der Waals surface area (Å²) in [5.74, 6) is 0.569. The van der Waals surface area contributed by atoms with Crippen LogP contribution in [0.15, 0.2) is 0 Å². The molecule has 1 atom stereocenters. The third-order valence-electron chi connectivity index (χ3n) is 2.11. The Bertz CT molecular complexity index is 121. The van der Waals surface area contributed by atoms with E-state index in [9.17, 15) is 4.79 Å². The number of hydrogen-bond donors (Lipinski definition) is 0. The van der Waals surface area contributed by atoms with Crippen LogP contribution in [0.2, 0.25) is 0 Å². The number of Topliss-reactive ketones (excluding diaryl/α,β-unsaturated/α-hetero) is 1. The van der Waals surface area contributed by atoms with Gasteiger partial charge in [-0.1, -0.05) is 6.92 Å². The van der Waals surface area contributed by atoms with E-state index in [2.05, 4.69) is 6.92 Å². The Morgan fingerprint density at radius 3 is 2.50 bits per heavy atom. The zero-order valence-electron chi connectivity index (χ0n) is 8.43. The highest BCUT2D eigenvalue weighted by atomic mass is 16.5. The van der Waals surface area contributed by atoms with Gasteiger partial charge in [0, 0.05) is 19.1 Å². The first-order valence-corrected chi connectivity index (χ1v) is 4.80. The number of rotatable bonds is 7. The summed E-state index contributed by atoms with van der Waals surface area (Å²) in [6.45, 7) is 7.29. The zero-order chi connectivity index (χ0) is 9.40. The average Bonchev–Trinajstić information content (AvgIpc) is 2.04. The van der Waals surface area contributed by atoms with Gasteiger partial charge in [-0.3, -0.25) is 4.79 Å². The first kappa shape index (κ1) is 11.6. The second-order valence-electron chi connectivity index (χ2n) is 3.05. The standard InChI is InChI=1S/C10H20O2/c1-4-10(9(3)11)7-6-8-12-5-2/h10H,4-8H2,1-3H3. The predicted molar refractivity (Wildman–Crippen MR) is 50.2 cm³/mol. The van der Waals surface area contributed by atoms with Crippen molar-refractivity contribution in [1.82, 2.24) is 0 Å². The minimum atomic E-state index is 0.255. The van der Waals surface area contributed by atoms with Crippen molar-refractivity contribution in [3.63, 3.8) is 0 Å². The molecule has 0 heterocycles. The minimum absolute atomic E-state index is 0.255. The molecule has 0 spiro atoms. The molecule has 0 N–H and O–H groups in total. The Morgan fingerprint density at radius 2 is 2.08 bits per heavy atom. The molecule has 1 unspecified atom stereocenters. The van der Waals surface area contributed by atoms with Gasteiger partial charge in [0.1, 0.15) is 5.78 Å². The van der Waals surface area contributed by atoms with Crippen molar-refractivity contribution >= 4 is 5.78 Å². The van der Waals surface area contributed by atoms with Gasteiger partial charge in [0.15, 0.2) is 0 Å². The van der Waals surface area contributed by atoms with Crippen LogP contribution < -0.4 is 0 Å². The van der Waals surface area contributed by atoms with Crippen LogP contribution in [0.5, 0.6) is 0 Å². The van der Waals surface area contributed by atoms with Crippen LogP contribution in [0.3, 0.4) is 0 Å². The van der Waals surface area contributed by atoms with Gasteiger partial charge in [0.25, 0.3) is 0 Å². The molecular weight excluding hydrogens is 152 g/mol. The molecule has 0 aromatic carbocycles. The van der Waals surface area contributed by atoms with Crippen LogP contribution in [0.25, 0.3) is 0 Å². The average molecular weight is 172 g/mol. The van der Waals surface area contributed by atoms with Crippen molar-refractivity contribution in [3.05, 3.63) is 0 Å². The first-order chi connectivity index (χ1) is 5.72. The zero-order valence-corrected chi connectivity index (χ0v) is 8.43. The summed E-state index contributed by atoms with van der Waals surface area (Å²) in [7, 11) is 0. The Labute approximate surface area is 75.3 Å². The molecule has 0 rings (SSSR count). The molecule has 0 amide bonds. The Morgan fingerprint density at radius 1 is 1.42 bits per heavy atom. The molecule has 0 aromatic rings. The second kappa shape index (κ2) is 7.29. The topological polar surface area (TPSA) is 26.3 Å². The van der Waals surface area contributed by atoms with Crippen LogP contribution in [0.1, 0.15) is 40.0 Å². The molecule has 72 valence electrons. The van der Waals surface area contributed by atoms with E-state index in [1.54, 1.807) is 6.92 Å². The normalized spacial score (nSPS) is 12.9. The van der Waals surface area contributed by atoms with E-state index < -0.39 is 0 Å². The summed E-state index contributed by atoms with van der Waals surface area (Å²) < 4.78 is 5.20. The number of carbonyl (C=O) groups excluding carboxylic acids is 1. The lowest BCUT2D eigenvalue weighted by Crippen LogP contribution is -2.10. The van der Waals surface area contributed by atoms with Crippen LogP contribution in [0, 0.1) is 5.92 Å². The van der Waals surface area contributed by atoms with Crippen molar-refractivity contribution in [3.8, 4) is 0 Å². The summed E-state index contributed by atoms with van der Waals surface area (Å²) in [4.78, 5) is 11.0. The Kier molecular flexibility index (Phi) is 7.06. The van der Waals surface area contributed by atoms with Crippen molar-refractivity contribution in [2.45, 2.75) is 40.0 Å². The molecular formula is C10H20O2. The highest BCUT2D eigenvalue weighted by Crippen LogP contribution is 2.11.